The van der Waals surface area contributed by atoms with Gasteiger partial charge in [-0.2, -0.15) is 10.4 Å². The Kier molecular flexibility index (Phi) is 8.34. The molecule has 1 heterocycles. The minimum Gasteiger partial charge on any atom is -0.454 e. The van der Waals surface area contributed by atoms with Gasteiger partial charge in [-0.3, -0.25) is 10.2 Å². The molecule has 1 aliphatic rings. The van der Waals surface area contributed by atoms with Gasteiger partial charge in [-0.15, -0.1) is 0 Å². The van der Waals surface area contributed by atoms with Gasteiger partial charge in [0.15, 0.2) is 5.75 Å². The van der Waals surface area contributed by atoms with Crippen molar-refractivity contribution < 1.29 is 23.9 Å². The second-order valence-electron chi connectivity index (χ2n) is 8.54. The number of primary amides is 1. The van der Waals surface area contributed by atoms with E-state index in [1.807, 2.05) is 36.1 Å². The Bertz CT molecular complexity index is 1510. The number of aryl methyl sites for hydroxylation is 1. The van der Waals surface area contributed by atoms with Gasteiger partial charge in [-0.05, 0) is 54.8 Å². The maximum absolute atomic E-state index is 13.1. The molecule has 198 valence electrons. The number of carbonyl (C=O) groups excluding carboxylic acids is 3. The van der Waals surface area contributed by atoms with E-state index in [9.17, 15) is 14.4 Å². The average molecular weight is 566 g/mol. The summed E-state index contributed by atoms with van der Waals surface area (Å²) in [5, 5.41) is 12.8. The highest BCUT2D eigenvalue weighted by atomic mass is 35.5. The van der Waals surface area contributed by atoms with Crippen LogP contribution in [0.5, 0.6) is 11.5 Å². The number of benzene rings is 3. The quantitative estimate of drug-likeness (QED) is 0.173. The zero-order chi connectivity index (χ0) is 28.1. The van der Waals surface area contributed by atoms with Crippen LogP contribution >= 0.6 is 23.2 Å². The maximum atomic E-state index is 13.1. The van der Waals surface area contributed by atoms with Gasteiger partial charge in [-0.1, -0.05) is 53.0 Å². The molecule has 12 heteroatoms. The van der Waals surface area contributed by atoms with E-state index in [1.165, 1.54) is 18.2 Å². The summed E-state index contributed by atoms with van der Waals surface area (Å²) in [7, 11) is 0. The zero-order valence-electron chi connectivity index (χ0n) is 20.5. The Labute approximate surface area is 233 Å². The molecule has 4 rings (SSSR count). The smallest absolute Gasteiger partial charge is 0.412 e. The second kappa shape index (κ2) is 11.9. The van der Waals surface area contributed by atoms with Gasteiger partial charge in [0.1, 0.15) is 11.8 Å². The molecule has 2 amide bonds. The fourth-order valence-electron chi connectivity index (χ4n) is 3.86. The summed E-state index contributed by atoms with van der Waals surface area (Å²) < 4.78 is 10.0. The van der Waals surface area contributed by atoms with Crippen molar-refractivity contribution in [3.63, 3.8) is 0 Å². The van der Waals surface area contributed by atoms with Crippen LogP contribution in [0.3, 0.4) is 0 Å². The molecule has 0 fully saturated rings. The van der Waals surface area contributed by atoms with Gasteiger partial charge >= 0.3 is 12.1 Å². The molecule has 3 aromatic carbocycles. The fraction of sp³-hybridized carbons (Fsp3) is 0.148. The summed E-state index contributed by atoms with van der Waals surface area (Å²) in [6.07, 6.45) is -0.715. The lowest BCUT2D eigenvalue weighted by molar-refractivity contribution is -0.129. The van der Waals surface area contributed by atoms with Gasteiger partial charge in [0.25, 0.3) is 5.91 Å². The van der Waals surface area contributed by atoms with Crippen molar-refractivity contribution in [2.45, 2.75) is 19.9 Å². The summed E-state index contributed by atoms with van der Waals surface area (Å²) in [4.78, 5) is 37.2. The largest absolute Gasteiger partial charge is 0.454 e. The van der Waals surface area contributed by atoms with Crippen molar-refractivity contribution in [1.82, 2.24) is 4.90 Å². The predicted molar refractivity (Wildman–Crippen MR) is 145 cm³/mol. The number of nitrogens with two attached hydrogens (primary N) is 1. The second-order valence-corrected chi connectivity index (χ2v) is 9.36. The van der Waals surface area contributed by atoms with E-state index in [-0.39, 0.29) is 27.4 Å². The Morgan fingerprint density at radius 1 is 1.13 bits per heavy atom. The minimum atomic E-state index is -1.37. The molecule has 1 aliphatic heterocycles. The lowest BCUT2D eigenvalue weighted by atomic mass is 9.98. The van der Waals surface area contributed by atoms with Gasteiger partial charge in [-0.25, -0.2) is 9.59 Å². The number of anilines is 1. The van der Waals surface area contributed by atoms with Crippen LogP contribution in [0, 0.1) is 18.3 Å². The number of hydrogen-bond donors (Lipinski definition) is 2. The Morgan fingerprint density at radius 2 is 1.82 bits per heavy atom. The Hall–Kier alpha value is -4.59. The number of rotatable bonds is 7. The zero-order valence-corrected chi connectivity index (χ0v) is 22.0. The molecule has 39 heavy (non-hydrogen) atoms. The fourth-order valence-corrected chi connectivity index (χ4v) is 4.42. The molecular formula is C27H21Cl2N5O5. The highest BCUT2D eigenvalue weighted by Gasteiger charge is 2.25. The molecule has 0 saturated carbocycles. The van der Waals surface area contributed by atoms with Crippen LogP contribution in [-0.2, 0) is 22.5 Å². The number of ether oxygens (including phenoxy) is 2. The predicted octanol–water partition coefficient (Wildman–Crippen LogP) is 5.21. The topological polar surface area (TPSA) is 147 Å². The third-order valence-electron chi connectivity index (χ3n) is 5.75. The number of esters is 1. The summed E-state index contributed by atoms with van der Waals surface area (Å²) in [6.45, 7) is 3.13. The molecule has 0 radical (unpaired) electrons. The first kappa shape index (κ1) is 27.4. The van der Waals surface area contributed by atoms with Gasteiger partial charge < -0.3 is 20.1 Å². The van der Waals surface area contributed by atoms with E-state index in [0.29, 0.717) is 30.8 Å². The highest BCUT2D eigenvalue weighted by molar-refractivity contribution is 6.44. The van der Waals surface area contributed by atoms with Crippen LogP contribution in [0.2, 0.25) is 10.0 Å². The number of carbonyl (C=O) groups is 3. The maximum Gasteiger partial charge on any atom is 0.412 e. The first-order chi connectivity index (χ1) is 18.6. The average Bonchev–Trinajstić information content (AvgIpc) is 2.89. The third kappa shape index (κ3) is 6.65. The lowest BCUT2D eigenvalue weighted by Crippen LogP contribution is -2.37. The number of halogens is 2. The van der Waals surface area contributed by atoms with Crippen molar-refractivity contribution in [3.8, 4) is 17.6 Å². The van der Waals surface area contributed by atoms with E-state index >= 15 is 0 Å². The molecule has 0 bridgehead atoms. The molecule has 3 aromatic rings. The van der Waals surface area contributed by atoms with Crippen LogP contribution < -0.4 is 15.9 Å². The molecular weight excluding hydrogens is 545 g/mol. The summed E-state index contributed by atoms with van der Waals surface area (Å²) in [6, 6.07) is 17.6. The normalized spacial score (nSPS) is 12.8. The first-order valence-corrected chi connectivity index (χ1v) is 12.3. The van der Waals surface area contributed by atoms with Crippen LogP contribution in [-0.4, -0.2) is 35.1 Å². The van der Waals surface area contributed by atoms with Crippen molar-refractivity contribution in [2.75, 3.05) is 12.0 Å². The highest BCUT2D eigenvalue weighted by Crippen LogP contribution is 2.39. The van der Waals surface area contributed by atoms with Crippen LogP contribution in [0.15, 0.2) is 59.7 Å². The molecule has 0 unspecified atom stereocenters. The number of nitrogens with one attached hydrogen (secondary N) is 1. The monoisotopic (exact) mass is 565 g/mol. The van der Waals surface area contributed by atoms with Crippen molar-refractivity contribution in [2.24, 2.45) is 10.8 Å². The van der Waals surface area contributed by atoms with E-state index in [0.717, 1.165) is 16.7 Å². The van der Waals surface area contributed by atoms with Gasteiger partial charge in [0, 0.05) is 18.7 Å². The number of amides is 2. The lowest BCUT2D eigenvalue weighted by Gasteiger charge is -2.29. The molecule has 0 saturated heterocycles. The van der Waals surface area contributed by atoms with Gasteiger partial charge in [0.2, 0.25) is 5.71 Å². The molecule has 0 aromatic heterocycles. The molecule has 3 N–H and O–H groups in total. The third-order valence-corrected chi connectivity index (χ3v) is 6.31. The van der Waals surface area contributed by atoms with Crippen molar-refractivity contribution >= 4 is 52.6 Å². The standard InChI is InChI=1S/C27H21Cl2N5O5/c1-15-2-4-16(5-3-15)14-34-9-8-17-10-19(6-7-20(17)25(34)35)38-24-21(28)11-18(12-22(24)29)32-33-23(13-30)26(36)39-27(31)37/h2-7,10-12,32H,8-9,14H2,1H3,(H2,31,37). The van der Waals surface area contributed by atoms with E-state index in [4.69, 9.17) is 38.9 Å². The molecule has 10 nitrogen and oxygen atoms in total. The summed E-state index contributed by atoms with van der Waals surface area (Å²) in [5.41, 5.74) is 10.4. The number of fused-ring (bicyclic) bond motifs is 1. The minimum absolute atomic E-state index is 0.0492. The van der Waals surface area contributed by atoms with E-state index in [1.54, 1.807) is 18.2 Å². The molecule has 0 atom stereocenters. The Morgan fingerprint density at radius 3 is 2.46 bits per heavy atom. The summed E-state index contributed by atoms with van der Waals surface area (Å²) >= 11 is 12.7. The SMILES string of the molecule is Cc1ccc(CN2CCc3cc(Oc4c(Cl)cc(NN=C(C#N)C(=O)OC(N)=O)cc4Cl)ccc3C2=O)cc1. The number of hydrazone groups is 1. The van der Waals surface area contributed by atoms with E-state index < -0.39 is 17.8 Å². The number of nitrogens with zero attached hydrogens (tertiary/aromatic N) is 3. The number of hydrogen-bond acceptors (Lipinski definition) is 8. The first-order valence-electron chi connectivity index (χ1n) is 11.5. The van der Waals surface area contributed by atoms with Crippen LogP contribution in [0.25, 0.3) is 0 Å². The van der Waals surface area contributed by atoms with Crippen molar-refractivity contribution in [1.29, 1.82) is 5.26 Å². The number of nitriles is 1. The molecule has 0 aliphatic carbocycles. The van der Waals surface area contributed by atoms with Crippen LogP contribution in [0.1, 0.15) is 27.0 Å². The summed E-state index contributed by atoms with van der Waals surface area (Å²) in [5.74, 6) is -0.771. The van der Waals surface area contributed by atoms with E-state index in [2.05, 4.69) is 15.3 Å². The van der Waals surface area contributed by atoms with Gasteiger partial charge in [0.05, 0.1) is 15.7 Å². The van der Waals surface area contributed by atoms with Crippen LogP contribution in [0.4, 0.5) is 10.5 Å². The van der Waals surface area contributed by atoms with Crippen molar-refractivity contribution in [3.05, 3.63) is 86.9 Å². The molecule has 0 spiro atoms. The Balaban J connectivity index is 1.46.